The lowest BCUT2D eigenvalue weighted by atomic mass is 9.44. The van der Waals surface area contributed by atoms with Crippen LogP contribution in [0.5, 0.6) is 0 Å². The minimum atomic E-state index is 0.935. The summed E-state index contributed by atoms with van der Waals surface area (Å²) in [5, 5.41) is 0. The van der Waals surface area contributed by atoms with Crippen LogP contribution in [-0.4, -0.2) is 46.1 Å². The molecule has 2 nitrogen and oxygen atoms in total. The van der Waals surface area contributed by atoms with E-state index in [1.165, 1.54) is 0 Å². The van der Waals surface area contributed by atoms with Gasteiger partial charge in [-0.3, -0.25) is 9.80 Å². The first-order valence-corrected chi connectivity index (χ1v) is 38.2. The molecule has 434 valence electrons. The maximum Gasteiger partial charge on any atom is 0.0163 e. The van der Waals surface area contributed by atoms with Crippen LogP contribution in [0, 0.1) is 154 Å². The third-order valence-corrected chi connectivity index (χ3v) is 33.6. The average Bonchev–Trinajstić information content (AvgIpc) is 3.62. The third-order valence-electron chi connectivity index (χ3n) is 33.6. The zero-order chi connectivity index (χ0) is 50.7. The van der Waals surface area contributed by atoms with Gasteiger partial charge in [0.25, 0.3) is 0 Å². The van der Waals surface area contributed by atoms with Gasteiger partial charge in [-0.1, -0.05) is 116 Å². The summed E-state index contributed by atoms with van der Waals surface area (Å²) in [5.41, 5.74) is 0. The number of rotatable bonds is 6. The maximum atomic E-state index is 3.85. The molecule has 18 aliphatic rings. The predicted molar refractivity (Wildman–Crippen MR) is 320 cm³/mol. The van der Waals surface area contributed by atoms with Gasteiger partial charge in [0.2, 0.25) is 0 Å². The van der Waals surface area contributed by atoms with Crippen LogP contribution in [0.1, 0.15) is 283 Å². The van der Waals surface area contributed by atoms with E-state index in [-0.39, 0.29) is 0 Å². The monoisotopic (exact) mass is 1060 g/mol. The van der Waals surface area contributed by atoms with Crippen molar-refractivity contribution in [3.8, 4) is 0 Å². The van der Waals surface area contributed by atoms with Gasteiger partial charge in [0, 0.05) is 36.3 Å². The van der Waals surface area contributed by atoms with Crippen LogP contribution in [0.25, 0.3) is 0 Å². The van der Waals surface area contributed by atoms with Gasteiger partial charge in [-0.15, -0.1) is 0 Å². The Labute approximate surface area is 480 Å². The Morgan fingerprint density at radius 3 is 0.667 bits per heavy atom. The molecule has 0 radical (unpaired) electrons. The SMILES string of the molecule is C1CCC2C(C1)CC1CCCCC1C2N(C1CCC2CCC3CCCC4CCC1C2C34)C1CCC2CCC3C4C(CCC1C24)CCC3N(C1CCC2CCC3CCCC4CCC1C2C34)C1C2CCCCC2CC2CCCCC21. The molecule has 0 aliphatic heterocycles. The number of nitrogens with zero attached hydrogens (tertiary/aromatic N) is 2. The summed E-state index contributed by atoms with van der Waals surface area (Å²) in [7, 11) is 0. The van der Waals surface area contributed by atoms with Gasteiger partial charge >= 0.3 is 0 Å². The second-order valence-electron chi connectivity index (χ2n) is 35.3. The lowest BCUT2D eigenvalue weighted by Crippen LogP contribution is -2.70. The molecule has 2 heteroatoms. The topological polar surface area (TPSA) is 6.48 Å². The predicted octanol–water partition coefficient (Wildman–Crippen LogP) is 19.2. The first-order valence-electron chi connectivity index (χ1n) is 38.2. The largest absolute Gasteiger partial charge is 0.293 e. The zero-order valence-corrected chi connectivity index (χ0v) is 50.5. The van der Waals surface area contributed by atoms with Gasteiger partial charge in [0.05, 0.1) is 0 Å². The van der Waals surface area contributed by atoms with Crippen molar-refractivity contribution < 1.29 is 0 Å². The molecule has 0 saturated heterocycles. The van der Waals surface area contributed by atoms with Crippen molar-refractivity contribution in [3.63, 3.8) is 0 Å². The molecule has 18 fully saturated rings. The highest BCUT2D eigenvalue weighted by Gasteiger charge is 2.65. The van der Waals surface area contributed by atoms with Crippen molar-refractivity contribution in [1.82, 2.24) is 9.80 Å². The molecule has 0 amide bonds. The standard InChI is InChI=1S/C76H120N2/c1-5-19-57-53(11-1)43-54-12-2-6-20-58(54)75(57)77(65-39-31-49-25-23-45-15-9-17-47-27-35-61(65)71(49)69(45)47)67-41-33-51-30-38-64-68(42-34-52-29-37-63(67)73(51)74(52)64)78(76-59-21-7-3-13-55(59)44-56-14-4-8-22-60(56)76)66-40-32-50-26-24-46-16-10-18-48-28-36-62(66)72(50)70(46)48/h45-76H,1-44H2. The summed E-state index contributed by atoms with van der Waals surface area (Å²) in [6.07, 6.45) is 71.2. The van der Waals surface area contributed by atoms with E-state index in [1.807, 2.05) is 0 Å². The number of hydrogen-bond acceptors (Lipinski definition) is 2. The van der Waals surface area contributed by atoms with Crippen LogP contribution < -0.4 is 0 Å². The molecule has 18 saturated carbocycles. The highest BCUT2D eigenvalue weighted by molar-refractivity contribution is 5.16. The third kappa shape index (κ3) is 8.06. The molecule has 0 spiro atoms. The van der Waals surface area contributed by atoms with Crippen molar-refractivity contribution in [2.24, 2.45) is 154 Å². The van der Waals surface area contributed by atoms with Crippen molar-refractivity contribution in [2.45, 2.75) is 319 Å². The number of hydrogen-bond donors (Lipinski definition) is 0. The molecule has 30 atom stereocenters. The van der Waals surface area contributed by atoms with Crippen molar-refractivity contribution in [2.75, 3.05) is 0 Å². The van der Waals surface area contributed by atoms with Crippen LogP contribution in [0.4, 0.5) is 0 Å². The number of fused-ring (bicyclic) bond motifs is 4. The second-order valence-corrected chi connectivity index (χ2v) is 35.3. The van der Waals surface area contributed by atoms with Gasteiger partial charge in [-0.2, -0.15) is 0 Å². The molecule has 0 aromatic heterocycles. The fourth-order valence-electron chi connectivity index (χ4n) is 31.9. The van der Waals surface area contributed by atoms with Crippen molar-refractivity contribution in [3.05, 3.63) is 0 Å². The van der Waals surface area contributed by atoms with Crippen LogP contribution in [0.3, 0.4) is 0 Å². The van der Waals surface area contributed by atoms with Crippen molar-refractivity contribution in [1.29, 1.82) is 0 Å². The highest BCUT2D eigenvalue weighted by Crippen LogP contribution is 2.68. The summed E-state index contributed by atoms with van der Waals surface area (Å²) >= 11 is 0. The first-order chi connectivity index (χ1) is 38.7. The maximum absolute atomic E-state index is 3.85. The minimum Gasteiger partial charge on any atom is -0.293 e. The zero-order valence-electron chi connectivity index (χ0n) is 50.5. The fraction of sp³-hybridized carbons (Fsp3) is 1.00. The van der Waals surface area contributed by atoms with E-state index in [9.17, 15) is 0 Å². The summed E-state index contributed by atoms with van der Waals surface area (Å²) in [5.74, 6) is 28.1. The van der Waals surface area contributed by atoms with E-state index in [0.29, 0.717) is 0 Å². The molecule has 0 aromatic rings. The van der Waals surface area contributed by atoms with E-state index >= 15 is 0 Å². The van der Waals surface area contributed by atoms with E-state index in [4.69, 9.17) is 0 Å². The van der Waals surface area contributed by atoms with Crippen LogP contribution in [0.15, 0.2) is 0 Å². The van der Waals surface area contributed by atoms with E-state index < -0.39 is 0 Å². The Balaban J connectivity index is 0.729. The molecule has 78 heavy (non-hydrogen) atoms. The Bertz CT molecular complexity index is 1910. The Morgan fingerprint density at radius 2 is 0.372 bits per heavy atom. The van der Waals surface area contributed by atoms with Gasteiger partial charge in [-0.05, 0) is 321 Å². The van der Waals surface area contributed by atoms with Gasteiger partial charge in [0.15, 0.2) is 0 Å². The Morgan fingerprint density at radius 1 is 0.154 bits per heavy atom. The summed E-state index contributed by atoms with van der Waals surface area (Å²) in [4.78, 5) is 7.70. The van der Waals surface area contributed by atoms with Gasteiger partial charge in [-0.25, -0.2) is 0 Å². The molecule has 0 aromatic carbocycles. The molecule has 0 N–H and O–H groups in total. The van der Waals surface area contributed by atoms with Gasteiger partial charge in [0.1, 0.15) is 0 Å². The summed E-state index contributed by atoms with van der Waals surface area (Å²) < 4.78 is 0. The summed E-state index contributed by atoms with van der Waals surface area (Å²) in [6, 6.07) is 5.68. The molecule has 0 heterocycles. The fourth-order valence-corrected chi connectivity index (χ4v) is 31.9. The van der Waals surface area contributed by atoms with Crippen molar-refractivity contribution >= 4 is 0 Å². The van der Waals surface area contributed by atoms with Crippen LogP contribution in [-0.2, 0) is 0 Å². The van der Waals surface area contributed by atoms with E-state index in [0.717, 1.165) is 190 Å². The molecular formula is C76H120N2. The van der Waals surface area contributed by atoms with Gasteiger partial charge < -0.3 is 0 Å². The molecule has 18 aliphatic carbocycles. The molecule has 0 bridgehead atoms. The van der Waals surface area contributed by atoms with E-state index in [1.54, 1.807) is 283 Å². The van der Waals surface area contributed by atoms with Crippen LogP contribution >= 0.6 is 0 Å². The lowest BCUT2D eigenvalue weighted by Gasteiger charge is -2.68. The first kappa shape index (κ1) is 51.2. The molecule has 18 rings (SSSR count). The molecular weight excluding hydrogens is 941 g/mol. The normalized spacial score (nSPS) is 58.5. The molecule has 30 unspecified atom stereocenters. The minimum absolute atomic E-state index is 0.935. The Hall–Kier alpha value is -0.0800. The summed E-state index contributed by atoms with van der Waals surface area (Å²) in [6.45, 7) is 0. The quantitative estimate of drug-likeness (QED) is 0.262. The average molecular weight is 1060 g/mol. The Kier molecular flexibility index (Phi) is 13.7. The highest BCUT2D eigenvalue weighted by atomic mass is 15.3. The lowest BCUT2D eigenvalue weighted by molar-refractivity contribution is -0.194. The second kappa shape index (κ2) is 20.8. The van der Waals surface area contributed by atoms with E-state index in [2.05, 4.69) is 9.80 Å². The smallest absolute Gasteiger partial charge is 0.0163 e. The van der Waals surface area contributed by atoms with Crippen LogP contribution in [0.2, 0.25) is 0 Å².